The monoisotopic (exact) mass is 208 g/mol. The molecule has 0 unspecified atom stereocenters. The number of Topliss-reactive ketones (excluding diaryl/α,β-unsaturated/α-hetero) is 1. The lowest BCUT2D eigenvalue weighted by Crippen LogP contribution is -2.24. The van der Waals surface area contributed by atoms with E-state index in [2.05, 4.69) is 0 Å². The van der Waals surface area contributed by atoms with Gasteiger partial charge in [0.1, 0.15) is 0 Å². The molecule has 0 aliphatic rings. The van der Waals surface area contributed by atoms with Gasteiger partial charge in [-0.3, -0.25) is 19.7 Å². The van der Waals surface area contributed by atoms with Gasteiger partial charge in [0.05, 0.1) is 4.92 Å². The zero-order valence-electron chi connectivity index (χ0n) is 7.67. The van der Waals surface area contributed by atoms with Gasteiger partial charge in [-0.25, -0.2) is 0 Å². The van der Waals surface area contributed by atoms with Gasteiger partial charge in [-0.1, -0.05) is 12.1 Å². The first-order valence-electron chi connectivity index (χ1n) is 4.06. The summed E-state index contributed by atoms with van der Waals surface area (Å²) in [6.45, 7) is 0. The van der Waals surface area contributed by atoms with Crippen LogP contribution in [0.3, 0.4) is 0 Å². The molecule has 0 aliphatic carbocycles. The summed E-state index contributed by atoms with van der Waals surface area (Å²) in [6, 6.07) is 5.37. The largest absolute Gasteiger partial charge is 0.363 e. The number of primary amides is 1. The SMILES string of the molecule is NC(=O)C(=O)Cc1ccc([N+](=O)[O-])cc1. The van der Waals surface area contributed by atoms with Crippen molar-refractivity contribution in [1.29, 1.82) is 0 Å². The second-order valence-electron chi connectivity index (χ2n) is 2.89. The molecule has 0 aliphatic heterocycles. The first-order valence-corrected chi connectivity index (χ1v) is 4.06. The molecule has 1 aromatic rings. The molecule has 0 fully saturated rings. The van der Waals surface area contributed by atoms with Crippen LogP contribution in [-0.4, -0.2) is 16.6 Å². The summed E-state index contributed by atoms with van der Waals surface area (Å²) in [5.74, 6) is -1.72. The van der Waals surface area contributed by atoms with Crippen molar-refractivity contribution < 1.29 is 14.5 Å². The Morgan fingerprint density at radius 2 is 1.80 bits per heavy atom. The van der Waals surface area contributed by atoms with E-state index in [1.165, 1.54) is 24.3 Å². The van der Waals surface area contributed by atoms with Crippen molar-refractivity contribution >= 4 is 17.4 Å². The van der Waals surface area contributed by atoms with Gasteiger partial charge < -0.3 is 5.73 Å². The van der Waals surface area contributed by atoms with E-state index in [1.807, 2.05) is 0 Å². The number of benzene rings is 1. The van der Waals surface area contributed by atoms with Crippen molar-refractivity contribution in [2.45, 2.75) is 6.42 Å². The number of ketones is 1. The number of nitrogens with zero attached hydrogens (tertiary/aromatic N) is 1. The fourth-order valence-electron chi connectivity index (χ4n) is 1.01. The molecule has 2 N–H and O–H groups in total. The Kier molecular flexibility index (Phi) is 3.12. The van der Waals surface area contributed by atoms with Crippen LogP contribution in [0.4, 0.5) is 5.69 Å². The van der Waals surface area contributed by atoms with E-state index in [0.717, 1.165) is 0 Å². The Morgan fingerprint density at radius 3 is 2.20 bits per heavy atom. The van der Waals surface area contributed by atoms with Crippen LogP contribution in [-0.2, 0) is 16.0 Å². The molecule has 0 bridgehead atoms. The van der Waals surface area contributed by atoms with Crippen molar-refractivity contribution in [3.63, 3.8) is 0 Å². The summed E-state index contributed by atoms with van der Waals surface area (Å²) in [5.41, 5.74) is 5.22. The van der Waals surface area contributed by atoms with Crippen molar-refractivity contribution in [2.75, 3.05) is 0 Å². The van der Waals surface area contributed by atoms with Gasteiger partial charge in [0.25, 0.3) is 11.6 Å². The minimum Gasteiger partial charge on any atom is -0.363 e. The maximum absolute atomic E-state index is 10.9. The Balaban J connectivity index is 2.77. The van der Waals surface area contributed by atoms with Gasteiger partial charge in [-0.15, -0.1) is 0 Å². The highest BCUT2D eigenvalue weighted by atomic mass is 16.6. The minimum absolute atomic E-state index is 0.0646. The van der Waals surface area contributed by atoms with E-state index in [0.29, 0.717) is 5.56 Å². The third-order valence-corrected chi connectivity index (χ3v) is 1.79. The summed E-state index contributed by atoms with van der Waals surface area (Å²) in [5, 5.41) is 10.3. The quantitative estimate of drug-likeness (QED) is 0.433. The van der Waals surface area contributed by atoms with Gasteiger partial charge in [0.2, 0.25) is 5.78 Å². The Labute approximate surface area is 84.8 Å². The summed E-state index contributed by atoms with van der Waals surface area (Å²) >= 11 is 0. The summed E-state index contributed by atoms with van der Waals surface area (Å²) < 4.78 is 0. The number of nitrogens with two attached hydrogens (primary N) is 1. The molecule has 78 valence electrons. The molecule has 6 nitrogen and oxygen atoms in total. The van der Waals surface area contributed by atoms with Gasteiger partial charge in [-0.2, -0.15) is 0 Å². The maximum atomic E-state index is 10.9. The molecule has 0 saturated heterocycles. The van der Waals surface area contributed by atoms with Crippen LogP contribution in [0.25, 0.3) is 0 Å². The number of nitro benzene ring substituents is 1. The predicted molar refractivity (Wildman–Crippen MR) is 51.0 cm³/mol. The molecule has 1 amide bonds. The van der Waals surface area contributed by atoms with E-state index >= 15 is 0 Å². The molecule has 0 radical (unpaired) electrons. The third-order valence-electron chi connectivity index (χ3n) is 1.79. The summed E-state index contributed by atoms with van der Waals surface area (Å²) in [4.78, 5) is 31.1. The standard InChI is InChI=1S/C9H8N2O4/c10-9(13)8(12)5-6-1-3-7(4-2-6)11(14)15/h1-4H,5H2,(H2,10,13). The molecule has 15 heavy (non-hydrogen) atoms. The average Bonchev–Trinajstić information content (AvgIpc) is 2.18. The minimum atomic E-state index is -1.01. The first kappa shape index (κ1) is 10.8. The van der Waals surface area contributed by atoms with E-state index < -0.39 is 16.6 Å². The maximum Gasteiger partial charge on any atom is 0.285 e. The Hall–Kier alpha value is -2.24. The molecule has 0 atom stereocenters. The number of hydrogen-bond donors (Lipinski definition) is 1. The summed E-state index contributed by atoms with van der Waals surface area (Å²) in [6.07, 6.45) is -0.132. The van der Waals surface area contributed by atoms with E-state index in [9.17, 15) is 19.7 Å². The van der Waals surface area contributed by atoms with Crippen molar-refractivity contribution in [3.8, 4) is 0 Å². The average molecular weight is 208 g/mol. The molecular formula is C9H8N2O4. The lowest BCUT2D eigenvalue weighted by atomic mass is 10.1. The van der Waals surface area contributed by atoms with Crippen LogP contribution in [0.2, 0.25) is 0 Å². The molecule has 1 rings (SSSR count). The van der Waals surface area contributed by atoms with Gasteiger partial charge >= 0.3 is 0 Å². The predicted octanol–water partition coefficient (Wildman–Crippen LogP) is 0.192. The second kappa shape index (κ2) is 4.32. The number of non-ortho nitro benzene ring substituents is 1. The molecule has 0 aromatic heterocycles. The number of nitro groups is 1. The zero-order valence-corrected chi connectivity index (χ0v) is 7.67. The second-order valence-corrected chi connectivity index (χ2v) is 2.89. The highest BCUT2D eigenvalue weighted by molar-refractivity contribution is 6.35. The van der Waals surface area contributed by atoms with Crippen molar-refractivity contribution in [1.82, 2.24) is 0 Å². The number of carbonyl (C=O) groups is 2. The molecule has 1 aromatic carbocycles. The lowest BCUT2D eigenvalue weighted by Gasteiger charge is -1.97. The van der Waals surface area contributed by atoms with E-state index in [4.69, 9.17) is 5.73 Å². The molecular weight excluding hydrogens is 200 g/mol. The lowest BCUT2D eigenvalue weighted by molar-refractivity contribution is -0.384. The third kappa shape index (κ3) is 2.87. The first-order chi connectivity index (χ1) is 7.00. The van der Waals surface area contributed by atoms with E-state index in [-0.39, 0.29) is 12.1 Å². The Morgan fingerprint density at radius 1 is 1.27 bits per heavy atom. The topological polar surface area (TPSA) is 103 Å². The van der Waals surface area contributed by atoms with Crippen LogP contribution in [0.1, 0.15) is 5.56 Å². The van der Waals surface area contributed by atoms with Crippen LogP contribution < -0.4 is 5.73 Å². The fourth-order valence-corrected chi connectivity index (χ4v) is 1.01. The summed E-state index contributed by atoms with van der Waals surface area (Å²) in [7, 11) is 0. The highest BCUT2D eigenvalue weighted by Crippen LogP contribution is 2.12. The Bertz CT molecular complexity index is 411. The highest BCUT2D eigenvalue weighted by Gasteiger charge is 2.11. The van der Waals surface area contributed by atoms with Crippen LogP contribution in [0.15, 0.2) is 24.3 Å². The van der Waals surface area contributed by atoms with Crippen LogP contribution in [0.5, 0.6) is 0 Å². The molecule has 0 heterocycles. The molecule has 0 spiro atoms. The smallest absolute Gasteiger partial charge is 0.285 e. The fraction of sp³-hybridized carbons (Fsp3) is 0.111. The van der Waals surface area contributed by atoms with Gasteiger partial charge in [-0.05, 0) is 5.56 Å². The van der Waals surface area contributed by atoms with Gasteiger partial charge in [0.15, 0.2) is 0 Å². The normalized spacial score (nSPS) is 9.60. The van der Waals surface area contributed by atoms with Crippen LogP contribution in [0, 0.1) is 10.1 Å². The van der Waals surface area contributed by atoms with Crippen molar-refractivity contribution in [3.05, 3.63) is 39.9 Å². The van der Waals surface area contributed by atoms with Crippen molar-refractivity contribution in [2.24, 2.45) is 5.73 Å². The van der Waals surface area contributed by atoms with Crippen LogP contribution >= 0.6 is 0 Å². The van der Waals surface area contributed by atoms with E-state index in [1.54, 1.807) is 0 Å². The number of carbonyl (C=O) groups excluding carboxylic acids is 2. The number of amides is 1. The molecule has 6 heteroatoms. The zero-order chi connectivity index (χ0) is 11.4. The molecule has 0 saturated carbocycles. The van der Waals surface area contributed by atoms with Gasteiger partial charge in [0, 0.05) is 18.6 Å². The number of hydrogen-bond acceptors (Lipinski definition) is 4. The number of rotatable bonds is 4.